The van der Waals surface area contributed by atoms with Crippen molar-refractivity contribution in [1.82, 2.24) is 20.4 Å². The molecule has 1 aliphatic rings. The maximum Gasteiger partial charge on any atom is 0.243 e. The highest BCUT2D eigenvalue weighted by Crippen LogP contribution is 2.35. The Kier molecular flexibility index (Phi) is 5.96. The van der Waals surface area contributed by atoms with Crippen LogP contribution >= 0.6 is 0 Å². The van der Waals surface area contributed by atoms with E-state index in [9.17, 15) is 0 Å². The summed E-state index contributed by atoms with van der Waals surface area (Å²) in [5.74, 6) is 2.13. The second kappa shape index (κ2) is 8.38. The SMILES string of the molecule is CCCc1noc([C@@H](C)N[C@H](c2cccnc2)C2CCCCC2)n1. The Morgan fingerprint density at radius 2 is 2.12 bits per heavy atom. The van der Waals surface area contributed by atoms with Crippen LogP contribution in [0.2, 0.25) is 0 Å². The molecule has 3 rings (SSSR count). The molecule has 0 amide bonds. The molecule has 1 aliphatic carbocycles. The summed E-state index contributed by atoms with van der Waals surface area (Å²) >= 11 is 0. The van der Waals surface area contributed by atoms with E-state index in [2.05, 4.69) is 40.4 Å². The molecule has 0 unspecified atom stereocenters. The highest BCUT2D eigenvalue weighted by molar-refractivity contribution is 5.16. The van der Waals surface area contributed by atoms with Crippen LogP contribution in [0.15, 0.2) is 29.0 Å². The number of nitrogens with one attached hydrogen (secondary N) is 1. The summed E-state index contributed by atoms with van der Waals surface area (Å²) in [5, 5.41) is 7.82. The third-order valence-corrected chi connectivity index (χ3v) is 4.92. The topological polar surface area (TPSA) is 63.8 Å². The van der Waals surface area contributed by atoms with Crippen molar-refractivity contribution >= 4 is 0 Å². The van der Waals surface area contributed by atoms with Crippen molar-refractivity contribution in [3.8, 4) is 0 Å². The molecular weight excluding hydrogens is 300 g/mol. The van der Waals surface area contributed by atoms with Gasteiger partial charge in [-0.1, -0.05) is 37.4 Å². The third-order valence-electron chi connectivity index (χ3n) is 4.92. The minimum Gasteiger partial charge on any atom is -0.338 e. The van der Waals surface area contributed by atoms with Gasteiger partial charge in [-0.2, -0.15) is 4.98 Å². The van der Waals surface area contributed by atoms with Crippen molar-refractivity contribution in [3.05, 3.63) is 41.8 Å². The second-order valence-corrected chi connectivity index (χ2v) is 6.85. The molecule has 0 saturated heterocycles. The molecule has 5 heteroatoms. The molecule has 5 nitrogen and oxygen atoms in total. The van der Waals surface area contributed by atoms with Gasteiger partial charge in [0, 0.05) is 24.9 Å². The largest absolute Gasteiger partial charge is 0.338 e. The molecule has 1 saturated carbocycles. The van der Waals surface area contributed by atoms with Crippen molar-refractivity contribution < 1.29 is 4.52 Å². The molecule has 0 radical (unpaired) electrons. The van der Waals surface area contributed by atoms with E-state index in [0.29, 0.717) is 11.8 Å². The molecule has 130 valence electrons. The normalized spacial score (nSPS) is 18.4. The van der Waals surface area contributed by atoms with E-state index >= 15 is 0 Å². The van der Waals surface area contributed by atoms with Gasteiger partial charge < -0.3 is 4.52 Å². The zero-order valence-corrected chi connectivity index (χ0v) is 14.7. The van der Waals surface area contributed by atoms with Crippen LogP contribution in [0.25, 0.3) is 0 Å². The van der Waals surface area contributed by atoms with Gasteiger partial charge in [0.05, 0.1) is 6.04 Å². The van der Waals surface area contributed by atoms with Crippen LogP contribution in [0, 0.1) is 5.92 Å². The number of aryl methyl sites for hydroxylation is 1. The third kappa shape index (κ3) is 4.20. The van der Waals surface area contributed by atoms with Crippen molar-refractivity contribution in [2.75, 3.05) is 0 Å². The molecule has 1 fully saturated rings. The summed E-state index contributed by atoms with van der Waals surface area (Å²) in [4.78, 5) is 8.85. The van der Waals surface area contributed by atoms with Crippen molar-refractivity contribution in [3.63, 3.8) is 0 Å². The number of aromatic nitrogens is 3. The lowest BCUT2D eigenvalue weighted by Gasteiger charge is -2.32. The minimum atomic E-state index is 0.0373. The molecule has 2 aromatic heterocycles. The number of hydrogen-bond acceptors (Lipinski definition) is 5. The van der Waals surface area contributed by atoms with E-state index < -0.39 is 0 Å². The van der Waals surface area contributed by atoms with E-state index in [4.69, 9.17) is 4.52 Å². The van der Waals surface area contributed by atoms with Gasteiger partial charge in [0.15, 0.2) is 5.82 Å². The van der Waals surface area contributed by atoms with Crippen LogP contribution in [-0.2, 0) is 6.42 Å². The summed E-state index contributed by atoms with van der Waals surface area (Å²) in [7, 11) is 0. The van der Waals surface area contributed by atoms with E-state index in [1.807, 2.05) is 18.5 Å². The van der Waals surface area contributed by atoms with Gasteiger partial charge in [-0.05, 0) is 43.7 Å². The van der Waals surface area contributed by atoms with Crippen LogP contribution in [0.3, 0.4) is 0 Å². The average Bonchev–Trinajstić information content (AvgIpc) is 3.10. The summed E-state index contributed by atoms with van der Waals surface area (Å²) in [6, 6.07) is 4.51. The Hall–Kier alpha value is -1.75. The van der Waals surface area contributed by atoms with Gasteiger partial charge in [0.1, 0.15) is 0 Å². The molecule has 24 heavy (non-hydrogen) atoms. The van der Waals surface area contributed by atoms with Crippen LogP contribution in [0.1, 0.15) is 81.7 Å². The highest BCUT2D eigenvalue weighted by atomic mass is 16.5. The number of nitrogens with zero attached hydrogens (tertiary/aromatic N) is 3. The standard InChI is InChI=1S/C19H28N4O/c1-3-8-17-22-19(24-23-17)14(2)21-18(15-9-5-4-6-10-15)16-11-7-12-20-13-16/h7,11-15,18,21H,3-6,8-10H2,1-2H3/t14-,18+/m1/s1. The summed E-state index contributed by atoms with van der Waals surface area (Å²) < 4.78 is 5.46. The second-order valence-electron chi connectivity index (χ2n) is 6.85. The fourth-order valence-electron chi connectivity index (χ4n) is 3.64. The first-order chi connectivity index (χ1) is 11.8. The predicted molar refractivity (Wildman–Crippen MR) is 93.4 cm³/mol. The van der Waals surface area contributed by atoms with Crippen molar-refractivity contribution in [1.29, 1.82) is 0 Å². The monoisotopic (exact) mass is 328 g/mol. The summed E-state index contributed by atoms with van der Waals surface area (Å²) in [6.45, 7) is 4.23. The fourth-order valence-corrected chi connectivity index (χ4v) is 3.64. The van der Waals surface area contributed by atoms with Crippen molar-refractivity contribution in [2.24, 2.45) is 5.92 Å². The molecule has 2 heterocycles. The van der Waals surface area contributed by atoms with Crippen LogP contribution in [0.4, 0.5) is 0 Å². The Morgan fingerprint density at radius 3 is 2.83 bits per heavy atom. The van der Waals surface area contributed by atoms with E-state index in [1.165, 1.54) is 37.7 Å². The van der Waals surface area contributed by atoms with Crippen LogP contribution < -0.4 is 5.32 Å². The maximum atomic E-state index is 5.46. The van der Waals surface area contributed by atoms with Gasteiger partial charge in [0.2, 0.25) is 5.89 Å². The Bertz CT molecular complexity index is 607. The average molecular weight is 328 g/mol. The molecule has 2 aromatic rings. The molecule has 1 N–H and O–H groups in total. The number of rotatable bonds is 7. The maximum absolute atomic E-state index is 5.46. The van der Waals surface area contributed by atoms with Crippen molar-refractivity contribution in [2.45, 2.75) is 70.9 Å². The smallest absolute Gasteiger partial charge is 0.243 e. The Morgan fingerprint density at radius 1 is 1.29 bits per heavy atom. The van der Waals surface area contributed by atoms with E-state index in [0.717, 1.165) is 18.7 Å². The highest BCUT2D eigenvalue weighted by Gasteiger charge is 2.28. The Balaban J connectivity index is 1.74. The first kappa shape index (κ1) is 17.1. The van der Waals surface area contributed by atoms with Crippen LogP contribution in [-0.4, -0.2) is 15.1 Å². The van der Waals surface area contributed by atoms with Gasteiger partial charge in [-0.25, -0.2) is 0 Å². The van der Waals surface area contributed by atoms with E-state index in [-0.39, 0.29) is 12.1 Å². The van der Waals surface area contributed by atoms with Gasteiger partial charge in [-0.15, -0.1) is 0 Å². The molecule has 0 aliphatic heterocycles. The zero-order valence-electron chi connectivity index (χ0n) is 14.7. The lowest BCUT2D eigenvalue weighted by molar-refractivity contribution is 0.239. The number of hydrogen-bond donors (Lipinski definition) is 1. The molecule has 2 atom stereocenters. The Labute approximate surface area is 144 Å². The summed E-state index contributed by atoms with van der Waals surface area (Å²) in [6.07, 6.45) is 12.2. The molecule has 0 bridgehead atoms. The lowest BCUT2D eigenvalue weighted by atomic mass is 9.81. The molecule has 0 spiro atoms. The van der Waals surface area contributed by atoms with Gasteiger partial charge in [0.25, 0.3) is 0 Å². The first-order valence-corrected chi connectivity index (χ1v) is 9.26. The number of pyridine rings is 1. The van der Waals surface area contributed by atoms with Crippen LogP contribution in [0.5, 0.6) is 0 Å². The quantitative estimate of drug-likeness (QED) is 0.816. The lowest BCUT2D eigenvalue weighted by Crippen LogP contribution is -2.32. The molecular formula is C19H28N4O. The van der Waals surface area contributed by atoms with Gasteiger partial charge >= 0.3 is 0 Å². The fraction of sp³-hybridized carbons (Fsp3) is 0.632. The predicted octanol–water partition coefficient (Wildman–Crippen LogP) is 4.39. The molecule has 0 aromatic carbocycles. The zero-order chi connectivity index (χ0) is 16.8. The summed E-state index contributed by atoms with van der Waals surface area (Å²) in [5.41, 5.74) is 1.25. The minimum absolute atomic E-state index is 0.0373. The first-order valence-electron chi connectivity index (χ1n) is 9.26. The van der Waals surface area contributed by atoms with E-state index in [1.54, 1.807) is 0 Å². The van der Waals surface area contributed by atoms with Gasteiger partial charge in [-0.3, -0.25) is 10.3 Å².